The molecule has 2 aromatic heterocycles. The summed E-state index contributed by atoms with van der Waals surface area (Å²) in [6.07, 6.45) is 2.26. The van der Waals surface area contributed by atoms with Gasteiger partial charge in [-0.1, -0.05) is 66.7 Å². The summed E-state index contributed by atoms with van der Waals surface area (Å²) in [5, 5.41) is 30.7. The predicted molar refractivity (Wildman–Crippen MR) is 177 cm³/mol. The zero-order chi connectivity index (χ0) is 31.6. The zero-order valence-electron chi connectivity index (χ0n) is 25.3. The summed E-state index contributed by atoms with van der Waals surface area (Å²) >= 11 is 0. The van der Waals surface area contributed by atoms with Gasteiger partial charge in [-0.3, -0.25) is 4.57 Å². The van der Waals surface area contributed by atoms with Gasteiger partial charge in [0.2, 0.25) is 0 Å². The summed E-state index contributed by atoms with van der Waals surface area (Å²) in [7, 11) is 0. The van der Waals surface area contributed by atoms with Gasteiger partial charge in [0.05, 0.1) is 30.6 Å². The van der Waals surface area contributed by atoms with Gasteiger partial charge in [-0.25, -0.2) is 19.7 Å². The maximum atomic E-state index is 13.5. The second-order valence-electron chi connectivity index (χ2n) is 12.4. The fraction of sp³-hybridized carbons (Fsp3) is 0.243. The Labute approximate surface area is 268 Å². The van der Waals surface area contributed by atoms with Gasteiger partial charge in [-0.05, 0) is 68.4 Å². The van der Waals surface area contributed by atoms with Crippen molar-refractivity contribution in [3.8, 4) is 0 Å². The first kappa shape index (κ1) is 28.1. The van der Waals surface area contributed by atoms with E-state index in [0.29, 0.717) is 35.4 Å². The fourth-order valence-electron chi connectivity index (χ4n) is 7.55. The number of ether oxygens (including phenoxy) is 2. The Balaban J connectivity index is 1.18. The maximum absolute atomic E-state index is 13.5. The van der Waals surface area contributed by atoms with Gasteiger partial charge in [0.25, 0.3) is 0 Å². The van der Waals surface area contributed by atoms with Crippen LogP contribution in [0, 0.1) is 0 Å². The van der Waals surface area contributed by atoms with Crippen molar-refractivity contribution in [1.29, 1.82) is 0 Å². The molecule has 10 heteroatoms. The highest BCUT2D eigenvalue weighted by atomic mass is 16.5. The summed E-state index contributed by atoms with van der Waals surface area (Å²) in [5.74, 6) is 0.117. The van der Waals surface area contributed by atoms with Gasteiger partial charge in [0, 0.05) is 6.42 Å². The Morgan fingerprint density at radius 2 is 1.77 bits per heavy atom. The van der Waals surface area contributed by atoms with Crippen LogP contribution in [0.15, 0.2) is 91.5 Å². The largest absolute Gasteiger partial charge is 0.456 e. The molecular formula is C37H31N5O5. The van der Waals surface area contributed by atoms with Crippen LogP contribution in [-0.2, 0) is 15.9 Å². The van der Waals surface area contributed by atoms with Gasteiger partial charge in [-0.2, -0.15) is 0 Å². The molecule has 5 atom stereocenters. The molecular weight excluding hydrogens is 594 g/mol. The van der Waals surface area contributed by atoms with Crippen molar-refractivity contribution in [2.24, 2.45) is 0 Å². The number of aliphatic hydroxyl groups excluding tert-OH is 2. The molecule has 1 aliphatic heterocycles. The highest BCUT2D eigenvalue weighted by molar-refractivity contribution is 6.24. The Bertz CT molecular complexity index is 2270. The maximum Gasteiger partial charge on any atom is 0.338 e. The van der Waals surface area contributed by atoms with E-state index in [-0.39, 0.29) is 12.6 Å². The molecule has 1 saturated heterocycles. The van der Waals surface area contributed by atoms with Crippen LogP contribution in [0.2, 0.25) is 0 Å². The Kier molecular flexibility index (Phi) is 6.56. The molecule has 0 bridgehead atoms. The molecule has 9 rings (SSSR count). The van der Waals surface area contributed by atoms with Gasteiger partial charge in [0.1, 0.15) is 24.8 Å². The second kappa shape index (κ2) is 11.0. The number of carbonyl (C=O) groups is 1. The molecule has 1 fully saturated rings. The lowest BCUT2D eigenvalue weighted by Crippen LogP contribution is -2.35. The molecule has 0 unspecified atom stereocenters. The van der Waals surface area contributed by atoms with E-state index >= 15 is 0 Å². The molecule has 2 aliphatic rings. The molecule has 3 heterocycles. The lowest BCUT2D eigenvalue weighted by Gasteiger charge is -2.35. The Morgan fingerprint density at radius 1 is 0.957 bits per heavy atom. The minimum Gasteiger partial charge on any atom is -0.456 e. The Morgan fingerprint density at radius 3 is 2.57 bits per heavy atom. The average molecular weight is 626 g/mol. The smallest absolute Gasteiger partial charge is 0.338 e. The number of hydrogen-bond donors (Lipinski definition) is 3. The van der Waals surface area contributed by atoms with E-state index in [9.17, 15) is 15.0 Å². The molecule has 47 heavy (non-hydrogen) atoms. The topological polar surface area (TPSA) is 132 Å². The third kappa shape index (κ3) is 4.51. The zero-order valence-corrected chi connectivity index (χ0v) is 25.3. The molecule has 0 saturated carbocycles. The van der Waals surface area contributed by atoms with Gasteiger partial charge in [-0.15, -0.1) is 0 Å². The van der Waals surface area contributed by atoms with Crippen LogP contribution in [0.1, 0.15) is 46.6 Å². The van der Waals surface area contributed by atoms with Crippen LogP contribution in [0.3, 0.4) is 0 Å². The quantitative estimate of drug-likeness (QED) is 0.158. The van der Waals surface area contributed by atoms with Gasteiger partial charge >= 0.3 is 5.97 Å². The van der Waals surface area contributed by atoms with Gasteiger partial charge < -0.3 is 25.0 Å². The van der Waals surface area contributed by atoms with Crippen molar-refractivity contribution in [3.05, 3.63) is 108 Å². The van der Waals surface area contributed by atoms with E-state index in [4.69, 9.17) is 9.47 Å². The van der Waals surface area contributed by atoms with E-state index < -0.39 is 30.6 Å². The average Bonchev–Trinajstić information content (AvgIpc) is 3.71. The fourth-order valence-corrected chi connectivity index (χ4v) is 7.55. The number of aromatic nitrogens is 4. The highest BCUT2D eigenvalue weighted by Crippen LogP contribution is 2.45. The SMILES string of the molecule is O=C(O[C@H]1CCc2cc3ccc4cccc5ccc(c2[C@@H]1Nc1ncnc2c1ncn2[C@H]1C[C@H](O)[C@@H](CO)O1)c3c45)c1ccccc1. The van der Waals surface area contributed by atoms with Gasteiger partial charge in [0.15, 0.2) is 17.0 Å². The third-order valence-corrected chi connectivity index (χ3v) is 9.77. The minimum atomic E-state index is -0.794. The first-order chi connectivity index (χ1) is 23.1. The number of esters is 1. The van der Waals surface area contributed by atoms with Crippen LogP contribution >= 0.6 is 0 Å². The molecule has 7 aromatic rings. The third-order valence-electron chi connectivity index (χ3n) is 9.77. The van der Waals surface area contributed by atoms with Crippen LogP contribution in [0.4, 0.5) is 5.82 Å². The van der Waals surface area contributed by atoms with Crippen LogP contribution in [0.25, 0.3) is 43.5 Å². The van der Waals surface area contributed by atoms with E-state index in [1.165, 1.54) is 38.8 Å². The summed E-state index contributed by atoms with van der Waals surface area (Å²) in [6, 6.07) is 26.0. The summed E-state index contributed by atoms with van der Waals surface area (Å²) in [4.78, 5) is 27.3. The Hall–Kier alpha value is -5.16. The minimum absolute atomic E-state index is 0.279. The van der Waals surface area contributed by atoms with Crippen molar-refractivity contribution < 1.29 is 24.5 Å². The van der Waals surface area contributed by atoms with E-state index in [1.807, 2.05) is 18.2 Å². The number of carbonyl (C=O) groups excluding carboxylic acids is 1. The van der Waals surface area contributed by atoms with Crippen LogP contribution < -0.4 is 5.32 Å². The van der Waals surface area contributed by atoms with E-state index in [0.717, 1.165) is 17.4 Å². The summed E-state index contributed by atoms with van der Waals surface area (Å²) < 4.78 is 14.0. The van der Waals surface area contributed by atoms with Crippen molar-refractivity contribution >= 4 is 55.3 Å². The van der Waals surface area contributed by atoms with Crippen LogP contribution in [0.5, 0.6) is 0 Å². The number of anilines is 1. The monoisotopic (exact) mass is 625 g/mol. The number of hydrogen-bond acceptors (Lipinski definition) is 9. The lowest BCUT2D eigenvalue weighted by atomic mass is 9.79. The number of benzene rings is 5. The first-order valence-corrected chi connectivity index (χ1v) is 15.9. The molecule has 3 N–H and O–H groups in total. The number of fused-ring (bicyclic) bond motifs is 3. The normalized spacial score (nSPS) is 22.7. The molecule has 10 nitrogen and oxygen atoms in total. The van der Waals surface area contributed by atoms with Crippen LogP contribution in [-0.4, -0.2) is 60.6 Å². The lowest BCUT2D eigenvalue weighted by molar-refractivity contribution is -0.0432. The van der Waals surface area contributed by atoms with Crippen molar-refractivity contribution in [2.75, 3.05) is 11.9 Å². The molecule has 0 amide bonds. The molecule has 234 valence electrons. The molecule has 5 aromatic carbocycles. The van der Waals surface area contributed by atoms with Crippen molar-refractivity contribution in [1.82, 2.24) is 19.5 Å². The van der Waals surface area contributed by atoms with Crippen molar-refractivity contribution in [2.45, 2.75) is 49.8 Å². The van der Waals surface area contributed by atoms with E-state index in [1.54, 1.807) is 23.0 Å². The standard InChI is InChI=1S/C37H31N5O5/c43-17-28-26(44)16-29(46-28)42-19-40-34-35(38-18-39-36(34)42)41-33-27(47-37(45)22-5-2-1-3-6-22)14-12-24-15-23-10-9-20-7-4-8-21-11-13-25(32(24)33)31(23)30(20)21/h1-11,13,15,18-19,26-29,33,43-44H,12,14,16-17H2,(H,38,39,41)/t26-,27-,28+,29+,33+/m0/s1. The summed E-state index contributed by atoms with van der Waals surface area (Å²) in [5.41, 5.74) is 3.82. The summed E-state index contributed by atoms with van der Waals surface area (Å²) in [6.45, 7) is -0.279. The first-order valence-electron chi connectivity index (χ1n) is 15.9. The predicted octanol–water partition coefficient (Wildman–Crippen LogP) is 5.69. The number of aliphatic hydroxyl groups is 2. The second-order valence-corrected chi connectivity index (χ2v) is 12.4. The molecule has 0 radical (unpaired) electrons. The number of nitrogens with zero attached hydrogens (tertiary/aromatic N) is 4. The number of aryl methyl sites for hydroxylation is 1. The number of rotatable bonds is 6. The molecule has 0 spiro atoms. The van der Waals surface area contributed by atoms with E-state index in [2.05, 4.69) is 68.8 Å². The van der Waals surface area contributed by atoms with Crippen molar-refractivity contribution in [3.63, 3.8) is 0 Å². The highest BCUT2D eigenvalue weighted by Gasteiger charge is 2.37. The number of imidazole rings is 1. The molecule has 1 aliphatic carbocycles. The number of nitrogens with one attached hydrogen (secondary N) is 1.